The molecule has 0 atom stereocenters. The van der Waals surface area contributed by atoms with Gasteiger partial charge in [-0.1, -0.05) is 12.1 Å². The molecule has 0 radical (unpaired) electrons. The van der Waals surface area contributed by atoms with Gasteiger partial charge in [0, 0.05) is 19.6 Å². The molecule has 0 saturated carbocycles. The van der Waals surface area contributed by atoms with Gasteiger partial charge in [0.25, 0.3) is 5.91 Å². The van der Waals surface area contributed by atoms with Crippen LogP contribution < -0.4 is 10.0 Å². The van der Waals surface area contributed by atoms with Crippen molar-refractivity contribution in [1.82, 2.24) is 14.3 Å². The Morgan fingerprint density at radius 1 is 1.03 bits per heavy atom. The van der Waals surface area contributed by atoms with E-state index in [1.165, 1.54) is 23.5 Å². The van der Waals surface area contributed by atoms with E-state index in [2.05, 4.69) is 10.0 Å². The van der Waals surface area contributed by atoms with Crippen molar-refractivity contribution in [3.05, 3.63) is 59.4 Å². The molecule has 1 saturated heterocycles. The van der Waals surface area contributed by atoms with E-state index < -0.39 is 37.3 Å². The minimum Gasteiger partial charge on any atom is -0.379 e. The van der Waals surface area contributed by atoms with Crippen molar-refractivity contribution in [3.63, 3.8) is 0 Å². The number of rotatable bonds is 7. The molecule has 1 heterocycles. The van der Waals surface area contributed by atoms with Gasteiger partial charge in [-0.05, 0) is 42.9 Å². The summed E-state index contributed by atoms with van der Waals surface area (Å²) >= 11 is 0. The number of ether oxygens (including phenoxy) is 1. The molecule has 0 unspecified atom stereocenters. The lowest BCUT2D eigenvalue weighted by Gasteiger charge is -2.26. The van der Waals surface area contributed by atoms with Crippen molar-refractivity contribution >= 4 is 26.0 Å². The van der Waals surface area contributed by atoms with Crippen molar-refractivity contribution < 1.29 is 30.8 Å². The van der Waals surface area contributed by atoms with Crippen LogP contribution in [0.15, 0.2) is 52.3 Å². The van der Waals surface area contributed by atoms with Crippen LogP contribution in [0.5, 0.6) is 0 Å². The first-order chi connectivity index (χ1) is 14.6. The van der Waals surface area contributed by atoms with Crippen molar-refractivity contribution in [3.8, 4) is 0 Å². The van der Waals surface area contributed by atoms with Crippen molar-refractivity contribution in [2.75, 3.05) is 33.4 Å². The van der Waals surface area contributed by atoms with E-state index in [1.54, 1.807) is 12.1 Å². The second kappa shape index (κ2) is 9.40. The van der Waals surface area contributed by atoms with Gasteiger partial charge in [-0.2, -0.15) is 4.31 Å². The van der Waals surface area contributed by atoms with Gasteiger partial charge in [0.2, 0.25) is 20.0 Å². The zero-order chi connectivity index (χ0) is 22.6. The Morgan fingerprint density at radius 3 is 2.26 bits per heavy atom. The van der Waals surface area contributed by atoms with Gasteiger partial charge in [-0.15, -0.1) is 0 Å². The third-order valence-electron chi connectivity index (χ3n) is 4.75. The summed E-state index contributed by atoms with van der Waals surface area (Å²) in [7, 11) is -6.25. The van der Waals surface area contributed by atoms with Crippen LogP contribution in [0.1, 0.15) is 15.9 Å². The molecule has 0 bridgehead atoms. The highest BCUT2D eigenvalue weighted by atomic mass is 32.2. The van der Waals surface area contributed by atoms with E-state index in [0.29, 0.717) is 18.8 Å². The minimum absolute atomic E-state index is 0.000833. The fourth-order valence-corrected chi connectivity index (χ4v) is 5.12. The maximum atomic E-state index is 14.0. The number of nitrogens with zero attached hydrogens (tertiary/aromatic N) is 1. The van der Waals surface area contributed by atoms with Crippen molar-refractivity contribution in [1.29, 1.82) is 0 Å². The molecule has 2 aromatic carbocycles. The third kappa shape index (κ3) is 5.28. The number of carbonyl (C=O) groups excluding carboxylic acids is 1. The molecule has 1 aliphatic rings. The van der Waals surface area contributed by atoms with Gasteiger partial charge in [-0.25, -0.2) is 25.9 Å². The molecule has 1 amide bonds. The minimum atomic E-state index is -3.83. The zero-order valence-corrected chi connectivity index (χ0v) is 18.3. The number of hydrogen-bond donors (Lipinski definition) is 2. The molecular weight excluding hydrogens is 449 g/mol. The third-order valence-corrected chi connectivity index (χ3v) is 8.07. The molecule has 2 N–H and O–H groups in total. The molecule has 0 aliphatic carbocycles. The zero-order valence-electron chi connectivity index (χ0n) is 16.7. The maximum absolute atomic E-state index is 14.0. The SMILES string of the molecule is CNS(=O)(=O)c1ccc(F)c(C(=O)NCc2ccc(S(=O)(=O)N3CCOCC3)cc2)c1. The maximum Gasteiger partial charge on any atom is 0.254 e. The van der Waals surface area contributed by atoms with Crippen LogP contribution in [0.2, 0.25) is 0 Å². The molecule has 0 aromatic heterocycles. The van der Waals surface area contributed by atoms with Crippen molar-refractivity contribution in [2.45, 2.75) is 16.3 Å². The first-order valence-corrected chi connectivity index (χ1v) is 12.3. The van der Waals surface area contributed by atoms with Gasteiger partial charge in [-0.3, -0.25) is 4.79 Å². The molecule has 1 fully saturated rings. The topological polar surface area (TPSA) is 122 Å². The monoisotopic (exact) mass is 471 g/mol. The summed E-state index contributed by atoms with van der Waals surface area (Å²) in [6.45, 7) is 1.26. The number of nitrogens with one attached hydrogen (secondary N) is 2. The summed E-state index contributed by atoms with van der Waals surface area (Å²) in [5, 5.41) is 2.50. The Hall–Kier alpha value is -2.38. The molecule has 2 aromatic rings. The van der Waals surface area contributed by atoms with Crippen LogP contribution in [-0.2, 0) is 31.3 Å². The number of morpholine rings is 1. The van der Waals surface area contributed by atoms with Crippen LogP contribution >= 0.6 is 0 Å². The first-order valence-electron chi connectivity index (χ1n) is 9.33. The Kier molecular flexibility index (Phi) is 7.06. The predicted octanol–water partition coefficient (Wildman–Crippen LogP) is 0.685. The number of sulfonamides is 2. The highest BCUT2D eigenvalue weighted by molar-refractivity contribution is 7.89. The number of halogens is 1. The Bertz CT molecular complexity index is 1160. The first kappa shape index (κ1) is 23.3. The summed E-state index contributed by atoms with van der Waals surface area (Å²) < 4.78 is 71.7. The predicted molar refractivity (Wildman–Crippen MR) is 110 cm³/mol. The average Bonchev–Trinajstić information content (AvgIpc) is 2.78. The van der Waals surface area contributed by atoms with E-state index in [0.717, 1.165) is 18.2 Å². The van der Waals surface area contributed by atoms with E-state index in [9.17, 15) is 26.0 Å². The van der Waals surface area contributed by atoms with Gasteiger partial charge >= 0.3 is 0 Å². The molecule has 0 spiro atoms. The fraction of sp³-hybridized carbons (Fsp3) is 0.316. The lowest BCUT2D eigenvalue weighted by molar-refractivity contribution is 0.0730. The summed E-state index contributed by atoms with van der Waals surface area (Å²) in [5.41, 5.74) is 0.177. The summed E-state index contributed by atoms with van der Waals surface area (Å²) in [6.07, 6.45) is 0. The molecule has 1 aliphatic heterocycles. The van der Waals surface area contributed by atoms with Crippen LogP contribution in [0, 0.1) is 5.82 Å². The summed E-state index contributed by atoms with van der Waals surface area (Å²) in [5.74, 6) is -1.66. The largest absolute Gasteiger partial charge is 0.379 e. The quantitative estimate of drug-likeness (QED) is 0.613. The Morgan fingerprint density at radius 2 is 1.65 bits per heavy atom. The second-order valence-corrected chi connectivity index (χ2v) is 10.5. The van der Waals surface area contributed by atoms with Crippen LogP contribution in [0.25, 0.3) is 0 Å². The smallest absolute Gasteiger partial charge is 0.254 e. The lowest BCUT2D eigenvalue weighted by atomic mass is 10.2. The molecule has 9 nitrogen and oxygen atoms in total. The molecule has 12 heteroatoms. The molecule has 168 valence electrons. The summed E-state index contributed by atoms with van der Waals surface area (Å²) in [4.78, 5) is 12.2. The average molecular weight is 472 g/mol. The highest BCUT2D eigenvalue weighted by Crippen LogP contribution is 2.18. The Labute approximate surface area is 180 Å². The van der Waals surface area contributed by atoms with Crippen LogP contribution in [-0.4, -0.2) is 60.4 Å². The van der Waals surface area contributed by atoms with Gasteiger partial charge in [0.1, 0.15) is 5.82 Å². The Balaban J connectivity index is 1.69. The molecule has 31 heavy (non-hydrogen) atoms. The van der Waals surface area contributed by atoms with Gasteiger partial charge < -0.3 is 10.1 Å². The van der Waals surface area contributed by atoms with Gasteiger partial charge in [0.05, 0.1) is 28.6 Å². The normalized spacial score (nSPS) is 15.5. The van der Waals surface area contributed by atoms with Crippen molar-refractivity contribution in [2.24, 2.45) is 0 Å². The highest BCUT2D eigenvalue weighted by Gasteiger charge is 2.26. The van der Waals surface area contributed by atoms with Crippen LogP contribution in [0.4, 0.5) is 4.39 Å². The lowest BCUT2D eigenvalue weighted by Crippen LogP contribution is -2.40. The van der Waals surface area contributed by atoms with Gasteiger partial charge in [0.15, 0.2) is 0 Å². The standard InChI is InChI=1S/C19H22FN3O6S2/c1-21-30(25,26)16-6-7-18(20)17(12-16)19(24)22-13-14-2-4-15(5-3-14)31(27,28)23-8-10-29-11-9-23/h2-7,12,21H,8-11,13H2,1H3,(H,22,24). The number of benzene rings is 2. The number of hydrogen-bond acceptors (Lipinski definition) is 6. The number of carbonyl (C=O) groups is 1. The van der Waals surface area contributed by atoms with Crippen LogP contribution in [0.3, 0.4) is 0 Å². The second-order valence-electron chi connectivity index (χ2n) is 6.69. The fourth-order valence-electron chi connectivity index (χ4n) is 2.96. The molecule has 3 rings (SSSR count). The summed E-state index contributed by atoms with van der Waals surface area (Å²) in [6, 6.07) is 8.89. The van der Waals surface area contributed by atoms with E-state index in [-0.39, 0.29) is 29.4 Å². The van der Waals surface area contributed by atoms with E-state index in [4.69, 9.17) is 4.74 Å². The van der Waals surface area contributed by atoms with E-state index in [1.807, 2.05) is 0 Å². The van der Waals surface area contributed by atoms with E-state index >= 15 is 0 Å². The molecular formula is C19H22FN3O6S2. The number of amides is 1.